The summed E-state index contributed by atoms with van der Waals surface area (Å²) in [6.07, 6.45) is 4.85. The van der Waals surface area contributed by atoms with E-state index in [-0.39, 0.29) is 0 Å². The Balaban J connectivity index is 1.65. The largest absolute Gasteiger partial charge is 0.317 e. The van der Waals surface area contributed by atoms with Gasteiger partial charge in [0.15, 0.2) is 5.17 Å². The average molecular weight is 345 g/mol. The maximum atomic E-state index is 4.68. The molecule has 3 heterocycles. The number of aliphatic imine (C=N–C) groups is 1. The minimum absolute atomic E-state index is 0.792. The Hall–Kier alpha value is -0.910. The molecule has 0 unspecified atom stereocenters. The highest BCUT2D eigenvalue weighted by atomic mass is 32.2. The van der Waals surface area contributed by atoms with Gasteiger partial charge in [-0.25, -0.2) is 0 Å². The highest BCUT2D eigenvalue weighted by Gasteiger charge is 2.40. The van der Waals surface area contributed by atoms with Crippen LogP contribution in [0.25, 0.3) is 15.8 Å². The number of nitrogens with zero attached hydrogens (tertiary/aromatic N) is 2. The van der Waals surface area contributed by atoms with Crippen LogP contribution in [0, 0.1) is 5.92 Å². The quantitative estimate of drug-likeness (QED) is 0.719. The van der Waals surface area contributed by atoms with Gasteiger partial charge in [-0.05, 0) is 54.7 Å². The summed E-state index contributed by atoms with van der Waals surface area (Å²) < 4.78 is 1.39. The third kappa shape index (κ3) is 2.06. The summed E-state index contributed by atoms with van der Waals surface area (Å²) in [6.45, 7) is 2.00. The van der Waals surface area contributed by atoms with Crippen LogP contribution in [0.3, 0.4) is 0 Å². The number of rotatable bonds is 3. The normalized spacial score (nSPS) is 21.0. The fourth-order valence-corrected chi connectivity index (χ4v) is 6.13. The molecule has 5 rings (SSSR count). The van der Waals surface area contributed by atoms with Crippen molar-refractivity contribution in [3.05, 3.63) is 34.0 Å². The topological polar surface area (TPSA) is 15.6 Å². The molecule has 2 aliphatic heterocycles. The summed E-state index contributed by atoms with van der Waals surface area (Å²) >= 11 is 5.68. The van der Waals surface area contributed by atoms with Gasteiger partial charge >= 0.3 is 0 Å². The molecule has 22 heavy (non-hydrogen) atoms. The lowest BCUT2D eigenvalue weighted by Gasteiger charge is -2.15. The van der Waals surface area contributed by atoms with Gasteiger partial charge in [0.25, 0.3) is 0 Å². The molecule has 2 nitrogen and oxygen atoms in total. The second-order valence-electron chi connectivity index (χ2n) is 5.92. The zero-order chi connectivity index (χ0) is 14.7. The predicted molar refractivity (Wildman–Crippen MR) is 99.8 cm³/mol. The molecule has 0 spiro atoms. The monoisotopic (exact) mass is 344 g/mol. The third-order valence-corrected chi connectivity index (χ3v) is 7.54. The molecule has 3 aliphatic rings. The van der Waals surface area contributed by atoms with Gasteiger partial charge in [-0.15, -0.1) is 23.1 Å². The maximum Gasteiger partial charge on any atom is 0.168 e. The molecule has 0 saturated heterocycles. The van der Waals surface area contributed by atoms with E-state index in [9.17, 15) is 0 Å². The van der Waals surface area contributed by atoms with Crippen LogP contribution in [0.2, 0.25) is 0 Å². The standard InChI is InChI=1S/C17H16N2S3/c1-20-12-4-5-13-11(8-12)9-14(21-13)15-16(10-2-3-10)22-17-18-6-7-19(15)17/h4-5,8-10H,2-3,6-7H2,1H3. The summed E-state index contributed by atoms with van der Waals surface area (Å²) in [6, 6.07) is 9.21. The first-order valence-corrected chi connectivity index (χ1v) is 10.5. The maximum absolute atomic E-state index is 4.68. The molecule has 0 amide bonds. The lowest BCUT2D eigenvalue weighted by Crippen LogP contribution is -2.19. The van der Waals surface area contributed by atoms with Crippen LogP contribution < -0.4 is 0 Å². The van der Waals surface area contributed by atoms with Crippen molar-refractivity contribution in [1.29, 1.82) is 0 Å². The van der Waals surface area contributed by atoms with Crippen LogP contribution in [0.4, 0.5) is 0 Å². The van der Waals surface area contributed by atoms with Crippen molar-refractivity contribution in [2.45, 2.75) is 17.7 Å². The number of hydrogen-bond donors (Lipinski definition) is 0. The van der Waals surface area contributed by atoms with Crippen molar-refractivity contribution in [3.63, 3.8) is 0 Å². The molecule has 2 aromatic rings. The third-order valence-electron chi connectivity index (χ3n) is 4.41. The first-order chi connectivity index (χ1) is 10.8. The van der Waals surface area contributed by atoms with Crippen molar-refractivity contribution in [2.24, 2.45) is 10.9 Å². The first-order valence-electron chi connectivity index (χ1n) is 7.65. The van der Waals surface area contributed by atoms with Crippen molar-refractivity contribution in [1.82, 2.24) is 4.90 Å². The smallest absolute Gasteiger partial charge is 0.168 e. The van der Waals surface area contributed by atoms with Gasteiger partial charge in [-0.1, -0.05) is 11.8 Å². The molecule has 5 heteroatoms. The van der Waals surface area contributed by atoms with Gasteiger partial charge in [-0.3, -0.25) is 4.99 Å². The van der Waals surface area contributed by atoms with Crippen molar-refractivity contribution < 1.29 is 0 Å². The van der Waals surface area contributed by atoms with Crippen LogP contribution >= 0.6 is 34.9 Å². The number of fused-ring (bicyclic) bond motifs is 2. The van der Waals surface area contributed by atoms with E-state index in [4.69, 9.17) is 0 Å². The average Bonchev–Trinajstić information content (AvgIpc) is 2.98. The van der Waals surface area contributed by atoms with Crippen LogP contribution in [-0.4, -0.2) is 29.4 Å². The van der Waals surface area contributed by atoms with E-state index in [0.29, 0.717) is 0 Å². The van der Waals surface area contributed by atoms with Gasteiger partial charge in [0, 0.05) is 21.0 Å². The number of thioether (sulfide) groups is 2. The molecule has 0 bridgehead atoms. The number of hydrogen-bond acceptors (Lipinski definition) is 5. The minimum Gasteiger partial charge on any atom is -0.317 e. The van der Waals surface area contributed by atoms with Crippen molar-refractivity contribution in [2.75, 3.05) is 19.3 Å². The number of allylic oxidation sites excluding steroid dienone is 1. The van der Waals surface area contributed by atoms with E-state index in [2.05, 4.69) is 40.4 Å². The number of thiophene rings is 1. The fourth-order valence-electron chi connectivity index (χ4n) is 3.14. The van der Waals surface area contributed by atoms with E-state index < -0.39 is 0 Å². The Kier molecular flexibility index (Phi) is 3.10. The highest BCUT2D eigenvalue weighted by Crippen LogP contribution is 2.53. The molecule has 1 fully saturated rings. The summed E-state index contributed by atoms with van der Waals surface area (Å²) in [7, 11) is 0. The predicted octanol–water partition coefficient (Wildman–Crippen LogP) is 5.12. The molecule has 0 N–H and O–H groups in total. The SMILES string of the molecule is CSc1ccc2sc(C3=C(C4CC4)SC4=NCCN43)cc2c1. The van der Waals surface area contributed by atoms with E-state index in [1.54, 1.807) is 4.91 Å². The fraction of sp³-hybridized carbons (Fsp3) is 0.353. The Labute approximate surface area is 142 Å². The zero-order valence-corrected chi connectivity index (χ0v) is 14.8. The first kappa shape index (κ1) is 13.5. The zero-order valence-electron chi connectivity index (χ0n) is 12.3. The van der Waals surface area contributed by atoms with Crippen LogP contribution in [-0.2, 0) is 0 Å². The lowest BCUT2D eigenvalue weighted by atomic mass is 10.2. The molecule has 112 valence electrons. The van der Waals surface area contributed by atoms with E-state index in [1.807, 2.05) is 34.9 Å². The van der Waals surface area contributed by atoms with Crippen LogP contribution in [0.5, 0.6) is 0 Å². The molecular weight excluding hydrogens is 328 g/mol. The van der Waals surface area contributed by atoms with Crippen LogP contribution in [0.15, 0.2) is 39.1 Å². The van der Waals surface area contributed by atoms with Gasteiger partial charge in [-0.2, -0.15) is 0 Å². The molecule has 1 saturated carbocycles. The molecule has 0 atom stereocenters. The highest BCUT2D eigenvalue weighted by molar-refractivity contribution is 8.17. The summed E-state index contributed by atoms with van der Waals surface area (Å²) in [4.78, 5) is 11.5. The molecule has 1 aliphatic carbocycles. The minimum atomic E-state index is 0.792. The Morgan fingerprint density at radius 3 is 3.00 bits per heavy atom. The van der Waals surface area contributed by atoms with E-state index in [1.165, 1.54) is 43.6 Å². The summed E-state index contributed by atoms with van der Waals surface area (Å²) in [5, 5.41) is 2.61. The van der Waals surface area contributed by atoms with Gasteiger partial charge in [0.05, 0.1) is 17.1 Å². The van der Waals surface area contributed by atoms with Gasteiger partial charge < -0.3 is 4.90 Å². The summed E-state index contributed by atoms with van der Waals surface area (Å²) in [5.74, 6) is 0.792. The molecule has 1 aromatic carbocycles. The van der Waals surface area contributed by atoms with E-state index >= 15 is 0 Å². The Bertz CT molecular complexity index is 830. The van der Waals surface area contributed by atoms with E-state index in [0.717, 1.165) is 19.0 Å². The lowest BCUT2D eigenvalue weighted by molar-refractivity contribution is 0.647. The Morgan fingerprint density at radius 1 is 1.27 bits per heavy atom. The summed E-state index contributed by atoms with van der Waals surface area (Å²) in [5.41, 5.74) is 1.47. The Morgan fingerprint density at radius 2 is 2.18 bits per heavy atom. The van der Waals surface area contributed by atoms with Crippen LogP contribution in [0.1, 0.15) is 17.7 Å². The second-order valence-corrected chi connectivity index (χ2v) is 8.89. The van der Waals surface area contributed by atoms with Gasteiger partial charge in [0.1, 0.15) is 0 Å². The van der Waals surface area contributed by atoms with Crippen molar-refractivity contribution >= 4 is 55.8 Å². The van der Waals surface area contributed by atoms with Gasteiger partial charge in [0.2, 0.25) is 0 Å². The molecular formula is C17H16N2S3. The molecule has 0 radical (unpaired) electrons. The molecule has 1 aromatic heterocycles. The number of benzene rings is 1. The second kappa shape index (κ2) is 5.05. The van der Waals surface area contributed by atoms with Crippen molar-refractivity contribution in [3.8, 4) is 0 Å². The number of amidine groups is 1.